The van der Waals surface area contributed by atoms with E-state index in [9.17, 15) is 18.3 Å². The van der Waals surface area contributed by atoms with Crippen LogP contribution in [0.3, 0.4) is 0 Å². The summed E-state index contributed by atoms with van der Waals surface area (Å²) in [4.78, 5) is 0. The molecule has 0 bridgehead atoms. The molecule has 0 unspecified atom stereocenters. The molecule has 0 heterocycles. The molecule has 0 amide bonds. The Morgan fingerprint density at radius 3 is 2.27 bits per heavy atom. The monoisotopic (exact) mass is 226 g/mol. The number of hydrogen-bond donors (Lipinski definition) is 1. The summed E-state index contributed by atoms with van der Waals surface area (Å²) in [6.45, 7) is 0. The van der Waals surface area contributed by atoms with Gasteiger partial charge in [0.15, 0.2) is 0 Å². The van der Waals surface area contributed by atoms with Crippen molar-refractivity contribution in [2.24, 2.45) is 0 Å². The van der Waals surface area contributed by atoms with Crippen molar-refractivity contribution >= 4 is 0 Å². The Balaban J connectivity index is 2.35. The smallest absolute Gasteiger partial charge is 0.389 e. The molecular formula is C10H17F3O2. The lowest BCUT2D eigenvalue weighted by atomic mass is 9.80. The fraction of sp³-hybridized carbons (Fsp3) is 1.00. The van der Waals surface area contributed by atoms with Crippen molar-refractivity contribution in [2.75, 3.05) is 7.11 Å². The predicted molar refractivity (Wildman–Crippen MR) is 49.5 cm³/mol. The number of ether oxygens (including phenoxy) is 1. The standard InChI is InChI=1S/C10H17F3O2/c1-15-8-2-4-9(14,5-3-8)6-7-10(11,12)13/h8,14H,2-7H2,1H3. The van der Waals surface area contributed by atoms with Crippen LogP contribution in [-0.4, -0.2) is 30.1 Å². The molecule has 0 aromatic rings. The Bertz CT molecular complexity index is 195. The fourth-order valence-electron chi connectivity index (χ4n) is 1.99. The summed E-state index contributed by atoms with van der Waals surface area (Å²) in [7, 11) is 1.59. The van der Waals surface area contributed by atoms with Gasteiger partial charge in [-0.15, -0.1) is 0 Å². The van der Waals surface area contributed by atoms with Gasteiger partial charge in [-0.25, -0.2) is 0 Å². The molecule has 0 aromatic carbocycles. The van der Waals surface area contributed by atoms with Crippen LogP contribution in [0.25, 0.3) is 0 Å². The van der Waals surface area contributed by atoms with E-state index in [1.165, 1.54) is 0 Å². The third kappa shape index (κ3) is 4.38. The van der Waals surface area contributed by atoms with E-state index in [1.54, 1.807) is 7.11 Å². The third-order valence-electron chi connectivity index (χ3n) is 3.07. The number of hydrogen-bond acceptors (Lipinski definition) is 2. The molecule has 5 heteroatoms. The van der Waals surface area contributed by atoms with Gasteiger partial charge in [0, 0.05) is 13.5 Å². The molecule has 1 rings (SSSR count). The van der Waals surface area contributed by atoms with Crippen LogP contribution in [0.15, 0.2) is 0 Å². The largest absolute Gasteiger partial charge is 0.390 e. The highest BCUT2D eigenvalue weighted by Gasteiger charge is 2.37. The Hall–Kier alpha value is -0.290. The van der Waals surface area contributed by atoms with Crippen LogP contribution >= 0.6 is 0 Å². The van der Waals surface area contributed by atoms with E-state index in [0.29, 0.717) is 25.7 Å². The van der Waals surface area contributed by atoms with Crippen molar-refractivity contribution in [2.45, 2.75) is 56.4 Å². The number of alkyl halides is 3. The average molecular weight is 226 g/mol. The van der Waals surface area contributed by atoms with Gasteiger partial charge < -0.3 is 9.84 Å². The fourth-order valence-corrected chi connectivity index (χ4v) is 1.99. The zero-order valence-electron chi connectivity index (χ0n) is 8.81. The summed E-state index contributed by atoms with van der Waals surface area (Å²) in [5.74, 6) is 0. The van der Waals surface area contributed by atoms with Gasteiger partial charge in [0.05, 0.1) is 11.7 Å². The molecule has 0 atom stereocenters. The third-order valence-corrected chi connectivity index (χ3v) is 3.07. The molecule has 1 N–H and O–H groups in total. The highest BCUT2D eigenvalue weighted by atomic mass is 19.4. The molecule has 1 aliphatic carbocycles. The highest BCUT2D eigenvalue weighted by Crippen LogP contribution is 2.36. The number of rotatable bonds is 3. The number of aliphatic hydroxyl groups is 1. The molecule has 1 fully saturated rings. The molecule has 0 aromatic heterocycles. The lowest BCUT2D eigenvalue weighted by Gasteiger charge is -2.35. The van der Waals surface area contributed by atoms with Crippen molar-refractivity contribution < 1.29 is 23.0 Å². The summed E-state index contributed by atoms with van der Waals surface area (Å²) in [5.41, 5.74) is -1.13. The molecule has 1 saturated carbocycles. The lowest BCUT2D eigenvalue weighted by Crippen LogP contribution is -2.37. The van der Waals surface area contributed by atoms with Gasteiger partial charge >= 0.3 is 6.18 Å². The first-order valence-electron chi connectivity index (χ1n) is 5.17. The normalized spacial score (nSPS) is 33.0. The zero-order chi connectivity index (χ0) is 11.5. The number of methoxy groups -OCH3 is 1. The Morgan fingerprint density at radius 1 is 1.33 bits per heavy atom. The second-order valence-electron chi connectivity index (χ2n) is 4.27. The van der Waals surface area contributed by atoms with E-state index in [1.807, 2.05) is 0 Å². The maximum atomic E-state index is 12.0. The van der Waals surface area contributed by atoms with Crippen molar-refractivity contribution in [3.05, 3.63) is 0 Å². The second kappa shape index (κ2) is 4.70. The molecule has 0 spiro atoms. The van der Waals surface area contributed by atoms with Crippen molar-refractivity contribution in [3.63, 3.8) is 0 Å². The zero-order valence-corrected chi connectivity index (χ0v) is 8.81. The van der Waals surface area contributed by atoms with Crippen LogP contribution in [0, 0.1) is 0 Å². The Morgan fingerprint density at radius 2 is 1.87 bits per heavy atom. The van der Waals surface area contributed by atoms with E-state index >= 15 is 0 Å². The minimum Gasteiger partial charge on any atom is -0.390 e. The van der Waals surface area contributed by atoms with Crippen LogP contribution in [0.4, 0.5) is 13.2 Å². The first kappa shape index (κ1) is 12.8. The van der Waals surface area contributed by atoms with Gasteiger partial charge in [-0.3, -0.25) is 0 Å². The highest BCUT2D eigenvalue weighted by molar-refractivity contribution is 4.86. The average Bonchev–Trinajstić information content (AvgIpc) is 2.16. The summed E-state index contributed by atoms with van der Waals surface area (Å²) in [6.07, 6.45) is -3.07. The Kier molecular flexibility index (Phi) is 4.00. The van der Waals surface area contributed by atoms with E-state index < -0.39 is 18.2 Å². The van der Waals surface area contributed by atoms with Gasteiger partial charge in [0.25, 0.3) is 0 Å². The quantitative estimate of drug-likeness (QED) is 0.801. The Labute approximate surface area is 87.4 Å². The summed E-state index contributed by atoms with van der Waals surface area (Å²) in [5, 5.41) is 9.89. The molecule has 1 aliphatic rings. The number of halogens is 3. The molecule has 2 nitrogen and oxygen atoms in total. The van der Waals surface area contributed by atoms with Crippen LogP contribution < -0.4 is 0 Å². The summed E-state index contributed by atoms with van der Waals surface area (Å²) in [6, 6.07) is 0. The van der Waals surface area contributed by atoms with Crippen LogP contribution in [0.1, 0.15) is 38.5 Å². The predicted octanol–water partition coefficient (Wildman–Crippen LogP) is 2.65. The first-order valence-corrected chi connectivity index (χ1v) is 5.17. The maximum absolute atomic E-state index is 12.0. The molecular weight excluding hydrogens is 209 g/mol. The second-order valence-corrected chi connectivity index (χ2v) is 4.27. The van der Waals surface area contributed by atoms with Crippen molar-refractivity contribution in [1.82, 2.24) is 0 Å². The van der Waals surface area contributed by atoms with Crippen molar-refractivity contribution in [3.8, 4) is 0 Å². The van der Waals surface area contributed by atoms with E-state index in [-0.39, 0.29) is 12.5 Å². The van der Waals surface area contributed by atoms with Crippen LogP contribution in [-0.2, 0) is 4.74 Å². The van der Waals surface area contributed by atoms with E-state index in [2.05, 4.69) is 0 Å². The van der Waals surface area contributed by atoms with Gasteiger partial charge in [-0.2, -0.15) is 13.2 Å². The minimum absolute atomic E-state index is 0.0937. The molecule has 15 heavy (non-hydrogen) atoms. The SMILES string of the molecule is COC1CCC(O)(CCC(F)(F)F)CC1. The van der Waals surface area contributed by atoms with Gasteiger partial charge in [-0.05, 0) is 32.1 Å². The molecule has 90 valence electrons. The van der Waals surface area contributed by atoms with E-state index in [0.717, 1.165) is 0 Å². The van der Waals surface area contributed by atoms with E-state index in [4.69, 9.17) is 4.74 Å². The first-order chi connectivity index (χ1) is 6.85. The van der Waals surface area contributed by atoms with Gasteiger partial charge in [-0.1, -0.05) is 0 Å². The maximum Gasteiger partial charge on any atom is 0.389 e. The van der Waals surface area contributed by atoms with Crippen molar-refractivity contribution in [1.29, 1.82) is 0 Å². The topological polar surface area (TPSA) is 29.5 Å². The van der Waals surface area contributed by atoms with Crippen LogP contribution in [0.5, 0.6) is 0 Å². The summed E-state index contributed by atoms with van der Waals surface area (Å²) < 4.78 is 41.1. The van der Waals surface area contributed by atoms with Gasteiger partial charge in [0.2, 0.25) is 0 Å². The van der Waals surface area contributed by atoms with Crippen LogP contribution in [0.2, 0.25) is 0 Å². The lowest BCUT2D eigenvalue weighted by molar-refractivity contribution is -0.151. The molecule has 0 saturated heterocycles. The minimum atomic E-state index is -4.17. The van der Waals surface area contributed by atoms with Gasteiger partial charge in [0.1, 0.15) is 0 Å². The molecule has 0 radical (unpaired) electrons. The molecule has 0 aliphatic heterocycles. The summed E-state index contributed by atoms with van der Waals surface area (Å²) >= 11 is 0.